The zero-order valence-corrected chi connectivity index (χ0v) is 21.2. The molecule has 0 aliphatic carbocycles. The zero-order chi connectivity index (χ0) is 24.9. The largest absolute Gasteiger partial charge is 0.458 e. The summed E-state index contributed by atoms with van der Waals surface area (Å²) in [6.07, 6.45) is 4.61. The number of halogens is 2. The molecular formula is C23H33Cl2N5O4. The molecule has 188 valence electrons. The van der Waals surface area contributed by atoms with E-state index in [0.717, 1.165) is 44.6 Å². The molecule has 1 unspecified atom stereocenters. The van der Waals surface area contributed by atoms with Crippen molar-refractivity contribution in [2.75, 3.05) is 44.8 Å². The Balaban J connectivity index is 0.000000287. The van der Waals surface area contributed by atoms with Crippen molar-refractivity contribution in [2.45, 2.75) is 39.0 Å². The van der Waals surface area contributed by atoms with E-state index < -0.39 is 0 Å². The summed E-state index contributed by atoms with van der Waals surface area (Å²) in [6.45, 7) is 5.37. The smallest absolute Gasteiger partial charge is 0.293 e. The van der Waals surface area contributed by atoms with E-state index in [0.29, 0.717) is 35.3 Å². The molecule has 3 rings (SSSR count). The minimum absolute atomic E-state index is 0.00293. The van der Waals surface area contributed by atoms with Crippen LogP contribution in [0.5, 0.6) is 0 Å². The lowest BCUT2D eigenvalue weighted by atomic mass is 10.1. The fourth-order valence-electron chi connectivity index (χ4n) is 3.54. The van der Waals surface area contributed by atoms with Gasteiger partial charge in [0.2, 0.25) is 5.91 Å². The lowest BCUT2D eigenvalue weighted by Gasteiger charge is -2.26. The Morgan fingerprint density at radius 2 is 1.94 bits per heavy atom. The van der Waals surface area contributed by atoms with E-state index in [1.807, 2.05) is 25.0 Å². The van der Waals surface area contributed by atoms with Crippen molar-refractivity contribution < 1.29 is 19.1 Å². The van der Waals surface area contributed by atoms with Crippen LogP contribution in [0.1, 0.15) is 39.0 Å². The Labute approximate surface area is 210 Å². The number of nitrogens with one attached hydrogen (secondary N) is 2. The highest BCUT2D eigenvalue weighted by Gasteiger charge is 2.25. The molecule has 34 heavy (non-hydrogen) atoms. The van der Waals surface area contributed by atoms with Gasteiger partial charge in [-0.25, -0.2) is 0 Å². The summed E-state index contributed by atoms with van der Waals surface area (Å²) in [5.74, 6) is 0.766. The molecule has 0 saturated carbocycles. The minimum atomic E-state index is -0.108. The van der Waals surface area contributed by atoms with Gasteiger partial charge < -0.3 is 20.3 Å². The second-order valence-corrected chi connectivity index (χ2v) is 8.99. The van der Waals surface area contributed by atoms with Gasteiger partial charge in [0.1, 0.15) is 5.84 Å². The van der Waals surface area contributed by atoms with Crippen molar-refractivity contribution in [3.63, 3.8) is 0 Å². The first-order valence-electron chi connectivity index (χ1n) is 11.4. The van der Waals surface area contributed by atoms with Gasteiger partial charge in [0.15, 0.2) is 6.61 Å². The number of rotatable bonds is 8. The van der Waals surface area contributed by atoms with Crippen molar-refractivity contribution in [3.8, 4) is 0 Å². The van der Waals surface area contributed by atoms with E-state index in [9.17, 15) is 14.4 Å². The lowest BCUT2D eigenvalue weighted by molar-refractivity contribution is -0.143. The van der Waals surface area contributed by atoms with Crippen LogP contribution in [0.15, 0.2) is 23.3 Å². The van der Waals surface area contributed by atoms with E-state index in [-0.39, 0.29) is 24.3 Å². The van der Waals surface area contributed by atoms with Gasteiger partial charge in [-0.2, -0.15) is 5.10 Å². The number of amidine groups is 1. The summed E-state index contributed by atoms with van der Waals surface area (Å²) in [5, 5.41) is 13.2. The number of hydrogen-bond acceptors (Lipinski definition) is 7. The quantitative estimate of drug-likeness (QED) is 0.409. The second-order valence-electron chi connectivity index (χ2n) is 8.17. The van der Waals surface area contributed by atoms with Crippen LogP contribution in [0, 0.1) is 5.92 Å². The molecular weight excluding hydrogens is 481 g/mol. The first-order chi connectivity index (χ1) is 16.3. The standard InChI is InChI=1S/C15H20Cl2N4O.C8H13NO3/c1-10-9-21(11-5-6-12(16)13(17)8-11)20-15(10)19-14(22)4-3-7-18-2;10-7-12-6-8(11)9-4-2-1-3-5-9/h5-6,8,10,18H,3-4,7,9H2,1-2H3,(H,19,20,22);7H,1-6H2. The van der Waals surface area contributed by atoms with Gasteiger partial charge in [-0.05, 0) is 57.5 Å². The summed E-state index contributed by atoms with van der Waals surface area (Å²) in [4.78, 5) is 34.6. The topological polar surface area (TPSA) is 103 Å². The van der Waals surface area contributed by atoms with Crippen molar-refractivity contribution in [2.24, 2.45) is 11.0 Å². The van der Waals surface area contributed by atoms with Crippen LogP contribution in [0.3, 0.4) is 0 Å². The maximum Gasteiger partial charge on any atom is 0.293 e. The molecule has 1 aromatic carbocycles. The molecule has 2 heterocycles. The number of piperidine rings is 1. The summed E-state index contributed by atoms with van der Waals surface area (Å²) in [6, 6.07) is 5.38. The third-order valence-corrected chi connectivity index (χ3v) is 6.16. The number of carbonyl (C=O) groups is 3. The molecule has 1 saturated heterocycles. The van der Waals surface area contributed by atoms with Gasteiger partial charge in [0.25, 0.3) is 12.4 Å². The minimum Gasteiger partial charge on any atom is -0.458 e. The number of anilines is 1. The van der Waals surface area contributed by atoms with Crippen LogP contribution in [0.4, 0.5) is 5.69 Å². The van der Waals surface area contributed by atoms with E-state index in [2.05, 4.69) is 20.5 Å². The molecule has 1 fully saturated rings. The van der Waals surface area contributed by atoms with Crippen LogP contribution < -0.4 is 15.6 Å². The highest BCUT2D eigenvalue weighted by atomic mass is 35.5. The number of ether oxygens (including phenoxy) is 1. The lowest BCUT2D eigenvalue weighted by Crippen LogP contribution is -2.37. The Kier molecular flexibility index (Phi) is 12.1. The fourth-order valence-corrected chi connectivity index (χ4v) is 3.84. The van der Waals surface area contributed by atoms with Gasteiger partial charge in [-0.3, -0.25) is 19.4 Å². The number of carbonyl (C=O) groups excluding carboxylic acids is 3. The maximum atomic E-state index is 11.9. The predicted octanol–water partition coefficient (Wildman–Crippen LogP) is 3.05. The fraction of sp³-hybridized carbons (Fsp3) is 0.565. The van der Waals surface area contributed by atoms with E-state index in [4.69, 9.17) is 23.2 Å². The SMILES string of the molecule is CNCCCC(=O)NC1=NN(c2ccc(Cl)c(Cl)c2)CC1C.O=COCC(=O)N1CCCCC1. The number of likely N-dealkylation sites (tertiary alicyclic amines) is 1. The van der Waals surface area contributed by atoms with Crippen LogP contribution >= 0.6 is 23.2 Å². The molecule has 0 spiro atoms. The Bertz CT molecular complexity index is 862. The molecule has 0 bridgehead atoms. The molecule has 2 aliphatic heterocycles. The van der Waals surface area contributed by atoms with Gasteiger partial charge in [0.05, 0.1) is 22.3 Å². The monoisotopic (exact) mass is 513 g/mol. The Hall–Kier alpha value is -2.36. The summed E-state index contributed by atoms with van der Waals surface area (Å²) >= 11 is 12.0. The summed E-state index contributed by atoms with van der Waals surface area (Å²) < 4.78 is 4.38. The van der Waals surface area contributed by atoms with Gasteiger partial charge in [-0.15, -0.1) is 0 Å². The first-order valence-corrected chi connectivity index (χ1v) is 12.2. The summed E-state index contributed by atoms with van der Waals surface area (Å²) in [7, 11) is 1.87. The number of nitrogens with zero attached hydrogens (tertiary/aromatic N) is 3. The number of hydrogen-bond donors (Lipinski definition) is 2. The van der Waals surface area contributed by atoms with E-state index in [1.165, 1.54) is 6.42 Å². The van der Waals surface area contributed by atoms with Gasteiger partial charge in [0, 0.05) is 25.4 Å². The summed E-state index contributed by atoms with van der Waals surface area (Å²) in [5.41, 5.74) is 0.862. The van der Waals surface area contributed by atoms with Crippen LogP contribution in [-0.2, 0) is 19.1 Å². The van der Waals surface area contributed by atoms with Crippen LogP contribution in [0.25, 0.3) is 0 Å². The van der Waals surface area contributed by atoms with Crippen molar-refractivity contribution in [1.29, 1.82) is 0 Å². The zero-order valence-electron chi connectivity index (χ0n) is 19.7. The Morgan fingerprint density at radius 1 is 1.21 bits per heavy atom. The average molecular weight is 514 g/mol. The number of amides is 2. The molecule has 1 aromatic rings. The average Bonchev–Trinajstić information content (AvgIpc) is 3.20. The molecule has 11 heteroatoms. The van der Waals surface area contributed by atoms with E-state index >= 15 is 0 Å². The highest BCUT2D eigenvalue weighted by Crippen LogP contribution is 2.29. The number of benzene rings is 1. The molecule has 0 aromatic heterocycles. The molecule has 0 radical (unpaired) electrons. The van der Waals surface area contributed by atoms with Crippen molar-refractivity contribution in [1.82, 2.24) is 15.5 Å². The number of hydrazone groups is 1. The van der Waals surface area contributed by atoms with Gasteiger partial charge >= 0.3 is 0 Å². The first kappa shape index (κ1) is 27.9. The molecule has 9 nitrogen and oxygen atoms in total. The van der Waals surface area contributed by atoms with Crippen LogP contribution in [-0.4, -0.2) is 68.9 Å². The second kappa shape index (κ2) is 14.8. The predicted molar refractivity (Wildman–Crippen MR) is 134 cm³/mol. The highest BCUT2D eigenvalue weighted by molar-refractivity contribution is 6.42. The van der Waals surface area contributed by atoms with Crippen LogP contribution in [0.2, 0.25) is 10.0 Å². The molecule has 2 aliphatic rings. The van der Waals surface area contributed by atoms with Gasteiger partial charge in [-0.1, -0.05) is 30.1 Å². The Morgan fingerprint density at radius 3 is 2.59 bits per heavy atom. The maximum absolute atomic E-state index is 11.9. The molecule has 2 amide bonds. The molecule has 2 N–H and O–H groups in total. The van der Waals surface area contributed by atoms with Crippen molar-refractivity contribution in [3.05, 3.63) is 28.2 Å². The third kappa shape index (κ3) is 9.12. The van der Waals surface area contributed by atoms with Crippen molar-refractivity contribution >= 4 is 53.0 Å². The normalized spacial score (nSPS) is 17.4. The third-order valence-electron chi connectivity index (χ3n) is 5.42. The molecule has 1 atom stereocenters. The van der Waals surface area contributed by atoms with E-state index in [1.54, 1.807) is 17.0 Å².